The van der Waals surface area contributed by atoms with E-state index in [2.05, 4.69) is 4.90 Å². The van der Waals surface area contributed by atoms with Crippen LogP contribution in [0.4, 0.5) is 10.1 Å². The number of carbonyl (C=O) groups is 1. The van der Waals surface area contributed by atoms with E-state index in [9.17, 15) is 9.18 Å². The molecule has 1 aliphatic rings. The van der Waals surface area contributed by atoms with Crippen LogP contribution in [-0.4, -0.2) is 49.0 Å². The van der Waals surface area contributed by atoms with E-state index in [1.807, 2.05) is 29.2 Å². The molecule has 1 aliphatic heterocycles. The van der Waals surface area contributed by atoms with Gasteiger partial charge >= 0.3 is 0 Å². The van der Waals surface area contributed by atoms with Gasteiger partial charge in [-0.2, -0.15) is 0 Å². The maximum Gasteiger partial charge on any atom is 0.227 e. The lowest BCUT2D eigenvalue weighted by atomic mass is 10.1. The number of ether oxygens (including phenoxy) is 1. The highest BCUT2D eigenvalue weighted by Crippen LogP contribution is 2.22. The van der Waals surface area contributed by atoms with Gasteiger partial charge in [0, 0.05) is 44.0 Å². The number of hydrogen-bond acceptors (Lipinski definition) is 4. The number of piperazine rings is 1. The molecule has 3 rings (SSSR count). The normalized spacial score (nSPS) is 15.1. The number of rotatable bonds is 5. The Kier molecular flexibility index (Phi) is 5.73. The van der Waals surface area contributed by atoms with Crippen molar-refractivity contribution in [2.24, 2.45) is 0 Å². The lowest BCUT2D eigenvalue weighted by Crippen LogP contribution is -2.48. The fraction of sp³-hybridized carbons (Fsp3) is 0.350. The van der Waals surface area contributed by atoms with E-state index in [1.54, 1.807) is 13.2 Å². The Morgan fingerprint density at radius 1 is 1.12 bits per heavy atom. The zero-order chi connectivity index (χ0) is 18.5. The molecule has 0 radical (unpaired) electrons. The summed E-state index contributed by atoms with van der Waals surface area (Å²) in [5.41, 5.74) is 8.17. The number of methoxy groups -OCH3 is 1. The Bertz CT molecular complexity index is 756. The largest absolute Gasteiger partial charge is 0.496 e. The average Bonchev–Trinajstić information content (AvgIpc) is 2.64. The van der Waals surface area contributed by atoms with Gasteiger partial charge < -0.3 is 15.4 Å². The van der Waals surface area contributed by atoms with E-state index < -0.39 is 0 Å². The van der Waals surface area contributed by atoms with Crippen LogP contribution in [0.1, 0.15) is 11.1 Å². The zero-order valence-corrected chi connectivity index (χ0v) is 15.0. The van der Waals surface area contributed by atoms with Crippen LogP contribution in [0.25, 0.3) is 0 Å². The molecule has 1 fully saturated rings. The van der Waals surface area contributed by atoms with Gasteiger partial charge in [-0.15, -0.1) is 0 Å². The third-order valence-electron chi connectivity index (χ3n) is 4.70. The molecule has 6 heteroatoms. The highest BCUT2D eigenvalue weighted by molar-refractivity contribution is 5.79. The van der Waals surface area contributed by atoms with Crippen LogP contribution in [0.5, 0.6) is 5.75 Å². The molecule has 1 saturated heterocycles. The molecule has 2 N–H and O–H groups in total. The number of benzene rings is 2. The molecule has 138 valence electrons. The van der Waals surface area contributed by atoms with Gasteiger partial charge in [-0.3, -0.25) is 9.69 Å². The van der Waals surface area contributed by atoms with Gasteiger partial charge in [0.25, 0.3) is 0 Å². The molecule has 0 bridgehead atoms. The second kappa shape index (κ2) is 8.19. The highest BCUT2D eigenvalue weighted by atomic mass is 19.1. The molecule has 0 aromatic heterocycles. The van der Waals surface area contributed by atoms with Crippen molar-refractivity contribution < 1.29 is 13.9 Å². The molecule has 26 heavy (non-hydrogen) atoms. The first kappa shape index (κ1) is 18.2. The minimum Gasteiger partial charge on any atom is -0.496 e. The van der Waals surface area contributed by atoms with E-state index in [0.29, 0.717) is 37.5 Å². The predicted octanol–water partition coefficient (Wildman–Crippen LogP) is 2.30. The number of carbonyl (C=O) groups excluding carboxylic acids is 1. The Morgan fingerprint density at radius 3 is 2.46 bits per heavy atom. The number of nitrogen functional groups attached to an aromatic ring is 1. The first-order chi connectivity index (χ1) is 12.5. The molecule has 2 aromatic rings. The Balaban J connectivity index is 1.53. The van der Waals surface area contributed by atoms with Crippen molar-refractivity contribution in [3.63, 3.8) is 0 Å². The third-order valence-corrected chi connectivity index (χ3v) is 4.70. The Hall–Kier alpha value is -2.60. The summed E-state index contributed by atoms with van der Waals surface area (Å²) in [7, 11) is 1.59. The molecular formula is C20H24FN3O2. The number of amides is 1. The summed E-state index contributed by atoms with van der Waals surface area (Å²) in [5, 5.41) is 0. The second-order valence-corrected chi connectivity index (χ2v) is 6.53. The molecule has 1 amide bonds. The third kappa shape index (κ3) is 4.52. The van der Waals surface area contributed by atoms with Crippen molar-refractivity contribution in [2.45, 2.75) is 13.0 Å². The van der Waals surface area contributed by atoms with Crippen LogP contribution in [0.15, 0.2) is 42.5 Å². The van der Waals surface area contributed by atoms with Crippen LogP contribution >= 0.6 is 0 Å². The Morgan fingerprint density at radius 2 is 1.81 bits per heavy atom. The minimum atomic E-state index is -0.266. The summed E-state index contributed by atoms with van der Waals surface area (Å²) >= 11 is 0. The first-order valence-electron chi connectivity index (χ1n) is 8.72. The van der Waals surface area contributed by atoms with Gasteiger partial charge in [0.05, 0.1) is 13.5 Å². The van der Waals surface area contributed by atoms with E-state index in [-0.39, 0.29) is 11.7 Å². The van der Waals surface area contributed by atoms with Gasteiger partial charge in [0.1, 0.15) is 11.6 Å². The van der Waals surface area contributed by atoms with Crippen molar-refractivity contribution >= 4 is 11.6 Å². The number of halogens is 1. The van der Waals surface area contributed by atoms with Gasteiger partial charge in [-0.05, 0) is 35.9 Å². The van der Waals surface area contributed by atoms with Crippen molar-refractivity contribution in [3.05, 3.63) is 59.4 Å². The topological polar surface area (TPSA) is 58.8 Å². The first-order valence-corrected chi connectivity index (χ1v) is 8.72. The summed E-state index contributed by atoms with van der Waals surface area (Å²) in [6.45, 7) is 3.47. The summed E-state index contributed by atoms with van der Waals surface area (Å²) < 4.78 is 18.8. The average molecular weight is 357 g/mol. The molecule has 2 aromatic carbocycles. The SMILES string of the molecule is COc1ccc(F)cc1CN1CCN(C(=O)Cc2ccc(N)cc2)CC1. The van der Waals surface area contributed by atoms with Gasteiger partial charge in [0.15, 0.2) is 0 Å². The quantitative estimate of drug-likeness (QED) is 0.835. The lowest BCUT2D eigenvalue weighted by molar-refractivity contribution is -0.132. The summed E-state index contributed by atoms with van der Waals surface area (Å²) in [6, 6.07) is 12.0. The van der Waals surface area contributed by atoms with Crippen LogP contribution in [-0.2, 0) is 17.8 Å². The van der Waals surface area contributed by atoms with E-state index in [4.69, 9.17) is 10.5 Å². The van der Waals surface area contributed by atoms with Gasteiger partial charge in [0.2, 0.25) is 5.91 Å². The number of hydrogen-bond donors (Lipinski definition) is 1. The van der Waals surface area contributed by atoms with Crippen LogP contribution in [0, 0.1) is 5.82 Å². The molecule has 0 saturated carbocycles. The lowest BCUT2D eigenvalue weighted by Gasteiger charge is -2.35. The van der Waals surface area contributed by atoms with Crippen molar-refractivity contribution in [1.82, 2.24) is 9.80 Å². The second-order valence-electron chi connectivity index (χ2n) is 6.53. The van der Waals surface area contributed by atoms with Crippen LogP contribution in [0.2, 0.25) is 0 Å². The van der Waals surface area contributed by atoms with E-state index in [1.165, 1.54) is 12.1 Å². The summed E-state index contributed by atoms with van der Waals surface area (Å²) in [5.74, 6) is 0.545. The molecule has 0 atom stereocenters. The number of nitrogens with two attached hydrogens (primary N) is 1. The summed E-state index contributed by atoms with van der Waals surface area (Å²) in [4.78, 5) is 16.6. The van der Waals surface area contributed by atoms with Crippen LogP contribution in [0.3, 0.4) is 0 Å². The standard InChI is InChI=1S/C20H24FN3O2/c1-26-19-7-4-17(21)13-16(19)14-23-8-10-24(11-9-23)20(25)12-15-2-5-18(22)6-3-15/h2-7,13H,8-12,14,22H2,1H3. The maximum absolute atomic E-state index is 13.5. The van der Waals surface area contributed by atoms with Crippen molar-refractivity contribution in [2.75, 3.05) is 39.0 Å². The molecular weight excluding hydrogens is 333 g/mol. The molecule has 1 heterocycles. The monoisotopic (exact) mass is 357 g/mol. The van der Waals surface area contributed by atoms with Gasteiger partial charge in [-0.25, -0.2) is 4.39 Å². The number of anilines is 1. The summed E-state index contributed by atoms with van der Waals surface area (Å²) in [6.07, 6.45) is 0.387. The zero-order valence-electron chi connectivity index (χ0n) is 15.0. The van der Waals surface area contributed by atoms with Crippen LogP contribution < -0.4 is 10.5 Å². The predicted molar refractivity (Wildman–Crippen MR) is 99.4 cm³/mol. The fourth-order valence-corrected chi connectivity index (χ4v) is 3.19. The van der Waals surface area contributed by atoms with Crippen molar-refractivity contribution in [1.29, 1.82) is 0 Å². The minimum absolute atomic E-state index is 0.123. The molecule has 0 aliphatic carbocycles. The molecule has 5 nitrogen and oxygen atoms in total. The smallest absolute Gasteiger partial charge is 0.227 e. The molecule has 0 unspecified atom stereocenters. The highest BCUT2D eigenvalue weighted by Gasteiger charge is 2.22. The maximum atomic E-state index is 13.5. The number of nitrogens with zero attached hydrogens (tertiary/aromatic N) is 2. The fourth-order valence-electron chi connectivity index (χ4n) is 3.19. The van der Waals surface area contributed by atoms with E-state index >= 15 is 0 Å². The van der Waals surface area contributed by atoms with Crippen molar-refractivity contribution in [3.8, 4) is 5.75 Å². The van der Waals surface area contributed by atoms with Gasteiger partial charge in [-0.1, -0.05) is 12.1 Å². The molecule has 0 spiro atoms. The Labute approximate surface area is 153 Å². The van der Waals surface area contributed by atoms with E-state index in [0.717, 1.165) is 24.2 Å².